The summed E-state index contributed by atoms with van der Waals surface area (Å²) in [5.74, 6) is 0.656. The number of rotatable bonds is 10. The lowest BCUT2D eigenvalue weighted by molar-refractivity contribution is -0.121. The molecule has 34 heavy (non-hydrogen) atoms. The molecule has 0 aliphatic rings. The van der Waals surface area contributed by atoms with Crippen LogP contribution in [-0.4, -0.2) is 28.6 Å². The van der Waals surface area contributed by atoms with Crippen molar-refractivity contribution in [3.8, 4) is 11.5 Å². The molecule has 0 aliphatic carbocycles. The molecule has 0 bridgehead atoms. The lowest BCUT2D eigenvalue weighted by Gasteiger charge is -2.10. The van der Waals surface area contributed by atoms with E-state index < -0.39 is 0 Å². The van der Waals surface area contributed by atoms with Gasteiger partial charge in [-0.3, -0.25) is 14.6 Å². The average Bonchev–Trinajstić information content (AvgIpc) is 3.29. The van der Waals surface area contributed by atoms with E-state index in [1.54, 1.807) is 49.9 Å². The van der Waals surface area contributed by atoms with Gasteiger partial charge in [-0.15, -0.1) is 0 Å². The number of pyridine rings is 1. The summed E-state index contributed by atoms with van der Waals surface area (Å²) in [6.07, 6.45) is 9.39. The van der Waals surface area contributed by atoms with E-state index >= 15 is 0 Å². The van der Waals surface area contributed by atoms with Crippen LogP contribution in [0.15, 0.2) is 85.2 Å². The second kappa shape index (κ2) is 10.9. The smallest absolute Gasteiger partial charge is 0.163 e. The van der Waals surface area contributed by atoms with E-state index in [1.807, 2.05) is 42.5 Å². The molecule has 0 saturated heterocycles. The van der Waals surface area contributed by atoms with Crippen LogP contribution in [0.25, 0.3) is 23.1 Å². The summed E-state index contributed by atoms with van der Waals surface area (Å²) in [5, 5.41) is 1.07. The Kier molecular flexibility index (Phi) is 7.30. The molecule has 170 valence electrons. The van der Waals surface area contributed by atoms with E-state index in [2.05, 4.69) is 9.97 Å². The molecule has 6 nitrogen and oxygen atoms in total. The van der Waals surface area contributed by atoms with Gasteiger partial charge in [0.2, 0.25) is 0 Å². The van der Waals surface area contributed by atoms with Crippen molar-refractivity contribution in [1.29, 1.82) is 0 Å². The van der Waals surface area contributed by atoms with Crippen molar-refractivity contribution in [2.45, 2.75) is 13.0 Å². The number of hydrogen-bond acceptors (Lipinski definition) is 5. The molecule has 0 fully saturated rings. The maximum absolute atomic E-state index is 12.3. The van der Waals surface area contributed by atoms with Crippen LogP contribution in [0.1, 0.15) is 23.2 Å². The Morgan fingerprint density at radius 2 is 1.79 bits per heavy atom. The summed E-state index contributed by atoms with van der Waals surface area (Å²) < 4.78 is 11.2. The third kappa shape index (κ3) is 6.07. The van der Waals surface area contributed by atoms with E-state index in [4.69, 9.17) is 9.47 Å². The number of ether oxygens (including phenoxy) is 2. The van der Waals surface area contributed by atoms with Gasteiger partial charge in [0, 0.05) is 40.8 Å². The minimum Gasteiger partial charge on any atom is -0.496 e. The minimum absolute atomic E-state index is 0.206. The lowest BCUT2D eigenvalue weighted by atomic mass is 10.1. The summed E-state index contributed by atoms with van der Waals surface area (Å²) in [6.45, 7) is 0.388. The Morgan fingerprint density at radius 3 is 2.56 bits per heavy atom. The molecule has 0 aliphatic heterocycles. The van der Waals surface area contributed by atoms with Crippen LogP contribution in [0, 0.1) is 0 Å². The molecule has 2 heterocycles. The normalized spacial score (nSPS) is 11.3. The fourth-order valence-corrected chi connectivity index (χ4v) is 3.41. The quantitative estimate of drug-likeness (QED) is 0.257. The van der Waals surface area contributed by atoms with E-state index in [-0.39, 0.29) is 18.0 Å². The highest BCUT2D eigenvalue weighted by Gasteiger charge is 2.07. The van der Waals surface area contributed by atoms with Gasteiger partial charge in [0.15, 0.2) is 11.6 Å². The summed E-state index contributed by atoms with van der Waals surface area (Å²) in [6, 6.07) is 19.0. The largest absolute Gasteiger partial charge is 0.496 e. The number of aromatic nitrogens is 2. The van der Waals surface area contributed by atoms with Crippen LogP contribution in [0.4, 0.5) is 0 Å². The Bertz CT molecular complexity index is 1320. The predicted octanol–water partition coefficient (Wildman–Crippen LogP) is 5.41. The molecule has 2 aromatic heterocycles. The zero-order valence-corrected chi connectivity index (χ0v) is 18.7. The molecule has 0 radical (unpaired) electrons. The van der Waals surface area contributed by atoms with E-state index in [9.17, 15) is 9.59 Å². The van der Waals surface area contributed by atoms with Crippen LogP contribution < -0.4 is 9.47 Å². The highest BCUT2D eigenvalue weighted by Crippen LogP contribution is 2.26. The highest BCUT2D eigenvalue weighted by molar-refractivity contribution is 6.11. The maximum Gasteiger partial charge on any atom is 0.163 e. The number of aromatic amines is 1. The van der Waals surface area contributed by atoms with E-state index in [0.29, 0.717) is 23.7 Å². The molecule has 0 spiro atoms. The zero-order valence-electron chi connectivity index (χ0n) is 18.7. The Labute approximate surface area is 197 Å². The molecule has 4 aromatic rings. The number of nitrogens with one attached hydrogen (secondary N) is 1. The third-order valence-electron chi connectivity index (χ3n) is 5.13. The monoisotopic (exact) mass is 452 g/mol. The third-order valence-corrected chi connectivity index (χ3v) is 5.13. The maximum atomic E-state index is 12.3. The van der Waals surface area contributed by atoms with Gasteiger partial charge in [0.25, 0.3) is 0 Å². The first-order valence-electron chi connectivity index (χ1n) is 10.8. The van der Waals surface area contributed by atoms with Crippen LogP contribution in [0.2, 0.25) is 0 Å². The first-order valence-corrected chi connectivity index (χ1v) is 10.8. The number of allylic oxidation sites excluding steroid dienone is 2. The van der Waals surface area contributed by atoms with Crippen LogP contribution in [0.5, 0.6) is 11.5 Å². The molecule has 0 amide bonds. The number of nitrogens with zero attached hydrogens (tertiary/aromatic N) is 1. The Morgan fingerprint density at radius 1 is 0.971 bits per heavy atom. The van der Waals surface area contributed by atoms with Crippen molar-refractivity contribution in [3.05, 3.63) is 102 Å². The van der Waals surface area contributed by atoms with Crippen LogP contribution >= 0.6 is 0 Å². The number of benzene rings is 2. The number of carbonyl (C=O) groups is 2. The SMILES string of the molecule is COc1cc(OCc2cccnc2)ccc1/C=C/C(=O)CC(=O)/C=C/c1cc2ccccc2[nH]1. The van der Waals surface area contributed by atoms with Crippen molar-refractivity contribution in [2.75, 3.05) is 7.11 Å². The molecule has 0 saturated carbocycles. The summed E-state index contributed by atoms with van der Waals surface area (Å²) in [5.41, 5.74) is 3.48. The van der Waals surface area contributed by atoms with Crippen molar-refractivity contribution < 1.29 is 19.1 Å². The molecule has 2 aromatic carbocycles. The number of carbonyl (C=O) groups excluding carboxylic acids is 2. The van der Waals surface area contributed by atoms with Crippen LogP contribution in [0.3, 0.4) is 0 Å². The van der Waals surface area contributed by atoms with Gasteiger partial charge in [0.05, 0.1) is 13.5 Å². The first kappa shape index (κ1) is 22.7. The molecule has 4 rings (SSSR count). The van der Waals surface area contributed by atoms with Crippen LogP contribution in [-0.2, 0) is 16.2 Å². The topological polar surface area (TPSA) is 81.3 Å². The Hall–Kier alpha value is -4.45. The molecule has 1 N–H and O–H groups in total. The standard InChI is InChI=1S/C28H24N2O4/c1-33-28-17-26(34-19-20-5-4-14-29-18-20)13-9-21(28)8-11-24(31)16-25(32)12-10-23-15-22-6-2-3-7-27(22)30-23/h2-15,17-18,30H,16,19H2,1H3/b11-8+,12-10+. The second-order valence-electron chi connectivity index (χ2n) is 7.64. The number of ketones is 2. The van der Waals surface area contributed by atoms with Gasteiger partial charge in [-0.05, 0) is 60.0 Å². The van der Waals surface area contributed by atoms with Gasteiger partial charge in [-0.2, -0.15) is 0 Å². The fraction of sp³-hybridized carbons (Fsp3) is 0.107. The van der Waals surface area contributed by atoms with Gasteiger partial charge in [-0.25, -0.2) is 0 Å². The fourth-order valence-electron chi connectivity index (χ4n) is 3.41. The number of fused-ring (bicyclic) bond motifs is 1. The van der Waals surface area contributed by atoms with Crippen molar-refractivity contribution in [3.63, 3.8) is 0 Å². The summed E-state index contributed by atoms with van der Waals surface area (Å²) in [7, 11) is 1.55. The highest BCUT2D eigenvalue weighted by atomic mass is 16.5. The Balaban J connectivity index is 1.33. The summed E-state index contributed by atoms with van der Waals surface area (Å²) >= 11 is 0. The van der Waals surface area contributed by atoms with Crippen molar-refractivity contribution >= 4 is 34.6 Å². The molecule has 0 unspecified atom stereocenters. The zero-order chi connectivity index (χ0) is 23.8. The molecular formula is C28H24N2O4. The second-order valence-corrected chi connectivity index (χ2v) is 7.64. The van der Waals surface area contributed by atoms with Gasteiger partial charge >= 0.3 is 0 Å². The van der Waals surface area contributed by atoms with Gasteiger partial charge < -0.3 is 14.5 Å². The number of para-hydroxylation sites is 1. The number of hydrogen-bond donors (Lipinski definition) is 1. The average molecular weight is 453 g/mol. The molecule has 0 atom stereocenters. The van der Waals surface area contributed by atoms with Gasteiger partial charge in [0.1, 0.15) is 18.1 Å². The molecular weight excluding hydrogens is 428 g/mol. The minimum atomic E-state index is -0.287. The lowest BCUT2D eigenvalue weighted by Crippen LogP contribution is -2.02. The van der Waals surface area contributed by atoms with E-state index in [0.717, 1.165) is 22.2 Å². The predicted molar refractivity (Wildman–Crippen MR) is 133 cm³/mol. The van der Waals surface area contributed by atoms with Crippen molar-refractivity contribution in [1.82, 2.24) is 9.97 Å². The van der Waals surface area contributed by atoms with E-state index in [1.165, 1.54) is 12.2 Å². The first-order chi connectivity index (χ1) is 16.6. The van der Waals surface area contributed by atoms with Crippen molar-refractivity contribution in [2.24, 2.45) is 0 Å². The molecule has 6 heteroatoms. The summed E-state index contributed by atoms with van der Waals surface area (Å²) in [4.78, 5) is 31.8. The number of H-pyrrole nitrogens is 1. The van der Waals surface area contributed by atoms with Gasteiger partial charge in [-0.1, -0.05) is 24.3 Å². The number of methoxy groups -OCH3 is 1.